The first-order chi connectivity index (χ1) is 14.5. The van der Waals surface area contributed by atoms with E-state index in [4.69, 9.17) is 32.8 Å². The van der Waals surface area contributed by atoms with E-state index in [2.05, 4.69) is 11.1 Å². The summed E-state index contributed by atoms with van der Waals surface area (Å²) >= 11 is 12.4. The zero-order chi connectivity index (χ0) is 20.8. The number of nitrogens with zero attached hydrogens (tertiary/aromatic N) is 2. The molecule has 0 saturated carbocycles. The van der Waals surface area contributed by atoms with Crippen LogP contribution in [0, 0.1) is 5.82 Å². The molecule has 0 fully saturated rings. The minimum atomic E-state index is -0.572. The Morgan fingerprint density at radius 2 is 2.00 bits per heavy atom. The van der Waals surface area contributed by atoms with Gasteiger partial charge in [0.2, 0.25) is 0 Å². The summed E-state index contributed by atoms with van der Waals surface area (Å²) in [4.78, 5) is 10.6. The van der Waals surface area contributed by atoms with E-state index in [-0.39, 0.29) is 5.02 Å². The highest BCUT2D eigenvalue weighted by Gasteiger charge is 2.20. The van der Waals surface area contributed by atoms with E-state index < -0.39 is 11.9 Å². The summed E-state index contributed by atoms with van der Waals surface area (Å²) in [5.74, 6) is 0.408. The third kappa shape index (κ3) is 3.28. The fraction of sp³-hybridized carbons (Fsp3) is 0.174. The van der Waals surface area contributed by atoms with Crippen molar-refractivity contribution in [3.63, 3.8) is 0 Å². The number of halogens is 3. The number of hydrogen-bond donors (Lipinski definition) is 0. The minimum Gasteiger partial charge on any atom is -0.493 e. The molecule has 0 saturated heterocycles. The van der Waals surface area contributed by atoms with Gasteiger partial charge in [-0.1, -0.05) is 29.3 Å². The van der Waals surface area contributed by atoms with E-state index >= 15 is 0 Å². The lowest BCUT2D eigenvalue weighted by Gasteiger charge is -2.19. The summed E-state index contributed by atoms with van der Waals surface area (Å²) < 4.78 is 21.1. The van der Waals surface area contributed by atoms with E-state index in [0.29, 0.717) is 10.6 Å². The van der Waals surface area contributed by atoms with E-state index in [1.165, 1.54) is 17.7 Å². The Balaban J connectivity index is 1.50. The van der Waals surface area contributed by atoms with Crippen molar-refractivity contribution in [2.24, 2.45) is 0 Å². The molecule has 7 heteroatoms. The number of aromatic nitrogens is 2. The zero-order valence-electron chi connectivity index (χ0n) is 16.0. The smallest absolute Gasteiger partial charge is 0.150 e. The van der Waals surface area contributed by atoms with Crippen molar-refractivity contribution in [3.8, 4) is 16.9 Å². The lowest BCUT2D eigenvalue weighted by Crippen LogP contribution is -2.16. The van der Waals surface area contributed by atoms with Crippen molar-refractivity contribution in [2.45, 2.75) is 19.4 Å². The fourth-order valence-electron chi connectivity index (χ4n) is 3.74. The van der Waals surface area contributed by atoms with Crippen molar-refractivity contribution < 1.29 is 14.0 Å². The SMILES string of the molecule is CC(On1ccc2ncc(-c3ccc4c(c3)CCO4)cc21)c1c(Cl)ccc(F)c1Cl. The predicted molar refractivity (Wildman–Crippen MR) is 116 cm³/mol. The third-order valence-corrected chi connectivity index (χ3v) is 6.00. The van der Waals surface area contributed by atoms with Crippen LogP contribution in [0.5, 0.6) is 5.75 Å². The van der Waals surface area contributed by atoms with Crippen LogP contribution in [0.3, 0.4) is 0 Å². The molecule has 2 aromatic carbocycles. The van der Waals surface area contributed by atoms with Crippen molar-refractivity contribution in [2.75, 3.05) is 6.61 Å². The Labute approximate surface area is 182 Å². The van der Waals surface area contributed by atoms with Gasteiger partial charge in [0, 0.05) is 35.0 Å². The van der Waals surface area contributed by atoms with E-state index in [1.807, 2.05) is 30.5 Å². The van der Waals surface area contributed by atoms with E-state index in [1.54, 1.807) is 17.9 Å². The van der Waals surface area contributed by atoms with Gasteiger partial charge in [0.05, 0.1) is 17.1 Å². The van der Waals surface area contributed by atoms with Gasteiger partial charge in [-0.25, -0.2) is 4.39 Å². The maximum atomic E-state index is 13.9. The molecule has 4 aromatic rings. The van der Waals surface area contributed by atoms with E-state index in [9.17, 15) is 4.39 Å². The molecule has 0 aliphatic carbocycles. The van der Waals surface area contributed by atoms with Gasteiger partial charge in [-0.15, -0.1) is 0 Å². The molecule has 2 aromatic heterocycles. The first kappa shape index (κ1) is 19.2. The quantitative estimate of drug-likeness (QED) is 0.349. The maximum Gasteiger partial charge on any atom is 0.150 e. The molecule has 1 unspecified atom stereocenters. The summed E-state index contributed by atoms with van der Waals surface area (Å²) in [5, 5.41) is 0.315. The zero-order valence-corrected chi connectivity index (χ0v) is 17.5. The molecule has 1 atom stereocenters. The first-order valence-corrected chi connectivity index (χ1v) is 10.3. The topological polar surface area (TPSA) is 36.3 Å². The van der Waals surface area contributed by atoms with Crippen molar-refractivity contribution in [1.82, 2.24) is 9.71 Å². The molecule has 1 aliphatic rings. The minimum absolute atomic E-state index is 0.0364. The molecule has 152 valence electrons. The Kier molecular flexibility index (Phi) is 4.80. The summed E-state index contributed by atoms with van der Waals surface area (Å²) in [7, 11) is 0. The lowest BCUT2D eigenvalue weighted by molar-refractivity contribution is 0.0562. The fourth-order valence-corrected chi connectivity index (χ4v) is 4.42. The Bertz CT molecular complexity index is 1270. The van der Waals surface area contributed by atoms with Gasteiger partial charge in [0.15, 0.2) is 6.10 Å². The molecular weight excluding hydrogens is 426 g/mol. The van der Waals surface area contributed by atoms with Gasteiger partial charge >= 0.3 is 0 Å². The second-order valence-corrected chi connectivity index (χ2v) is 7.98. The maximum absolute atomic E-state index is 13.9. The summed E-state index contributed by atoms with van der Waals surface area (Å²) in [6.07, 6.45) is 3.95. The second-order valence-electron chi connectivity index (χ2n) is 7.20. The molecule has 30 heavy (non-hydrogen) atoms. The lowest BCUT2D eigenvalue weighted by atomic mass is 10.0. The van der Waals surface area contributed by atoms with Crippen LogP contribution in [0.15, 0.2) is 54.9 Å². The number of rotatable bonds is 4. The molecule has 3 heterocycles. The van der Waals surface area contributed by atoms with Crippen LogP contribution >= 0.6 is 23.2 Å². The van der Waals surface area contributed by atoms with Crippen molar-refractivity contribution in [1.29, 1.82) is 0 Å². The highest BCUT2D eigenvalue weighted by molar-refractivity contribution is 6.36. The normalized spacial score (nSPS) is 13.9. The van der Waals surface area contributed by atoms with Gasteiger partial charge in [0.25, 0.3) is 0 Å². The summed E-state index contributed by atoms with van der Waals surface area (Å²) in [6.45, 7) is 2.49. The number of ether oxygens (including phenoxy) is 1. The Morgan fingerprint density at radius 3 is 2.87 bits per heavy atom. The number of pyridine rings is 1. The highest BCUT2D eigenvalue weighted by Crippen LogP contribution is 2.34. The van der Waals surface area contributed by atoms with Crippen molar-refractivity contribution in [3.05, 3.63) is 81.8 Å². The number of hydrogen-bond acceptors (Lipinski definition) is 3. The average molecular weight is 443 g/mol. The Morgan fingerprint density at radius 1 is 1.13 bits per heavy atom. The van der Waals surface area contributed by atoms with Gasteiger partial charge in [-0.05, 0) is 54.4 Å². The molecule has 0 amide bonds. The van der Waals surface area contributed by atoms with Crippen LogP contribution in [0.4, 0.5) is 4.39 Å². The van der Waals surface area contributed by atoms with Crippen LogP contribution in [0.1, 0.15) is 24.2 Å². The van der Waals surface area contributed by atoms with Crippen LogP contribution in [-0.2, 0) is 6.42 Å². The average Bonchev–Trinajstić information content (AvgIpc) is 3.37. The predicted octanol–water partition coefficient (Wildman–Crippen LogP) is 6.27. The molecule has 0 spiro atoms. The Hall–Kier alpha value is -2.76. The molecule has 4 nitrogen and oxygen atoms in total. The van der Waals surface area contributed by atoms with Gasteiger partial charge in [-0.2, -0.15) is 4.73 Å². The largest absolute Gasteiger partial charge is 0.493 e. The summed E-state index contributed by atoms with van der Waals surface area (Å²) in [5.41, 5.74) is 5.21. The van der Waals surface area contributed by atoms with Crippen LogP contribution < -0.4 is 9.57 Å². The van der Waals surface area contributed by atoms with Gasteiger partial charge in [0.1, 0.15) is 17.1 Å². The number of fused-ring (bicyclic) bond motifs is 2. The van der Waals surface area contributed by atoms with Crippen LogP contribution in [-0.4, -0.2) is 16.3 Å². The summed E-state index contributed by atoms with van der Waals surface area (Å²) in [6, 6.07) is 12.7. The van der Waals surface area contributed by atoms with Gasteiger partial charge < -0.3 is 9.57 Å². The van der Waals surface area contributed by atoms with Gasteiger partial charge in [-0.3, -0.25) is 4.98 Å². The van der Waals surface area contributed by atoms with Crippen molar-refractivity contribution >= 4 is 34.2 Å². The molecular formula is C23H17Cl2FN2O2. The molecule has 0 bridgehead atoms. The highest BCUT2D eigenvalue weighted by atomic mass is 35.5. The number of benzene rings is 2. The second kappa shape index (κ2) is 7.49. The van der Waals surface area contributed by atoms with E-state index in [0.717, 1.165) is 40.9 Å². The van der Waals surface area contributed by atoms with Crippen LogP contribution in [0.25, 0.3) is 22.2 Å². The van der Waals surface area contributed by atoms with Crippen LogP contribution in [0.2, 0.25) is 10.0 Å². The monoisotopic (exact) mass is 442 g/mol. The molecule has 1 aliphatic heterocycles. The standard InChI is InChI=1S/C23H17Cl2FN2O2/c1-13(22-17(24)3-4-18(26)23(22)25)30-28-8-6-19-20(28)11-16(12-27-19)14-2-5-21-15(10-14)7-9-29-21/h2-6,8,10-13H,7,9H2,1H3. The third-order valence-electron chi connectivity index (χ3n) is 5.28. The molecule has 0 N–H and O–H groups in total. The molecule has 5 rings (SSSR count). The first-order valence-electron chi connectivity index (χ1n) is 9.55. The molecule has 0 radical (unpaired) electrons.